The highest BCUT2D eigenvalue weighted by Crippen LogP contribution is 1.96. The van der Waals surface area contributed by atoms with E-state index in [1.807, 2.05) is 0 Å². The molecule has 1 aromatic rings. The second-order valence-electron chi connectivity index (χ2n) is 2.90. The number of carbonyl (C=O) groups is 1. The van der Waals surface area contributed by atoms with Gasteiger partial charge in [0.15, 0.2) is 0 Å². The van der Waals surface area contributed by atoms with Crippen LogP contribution in [0.3, 0.4) is 0 Å². The zero-order valence-electron chi connectivity index (χ0n) is 8.02. The Morgan fingerprint density at radius 3 is 2.79 bits per heavy atom. The van der Waals surface area contributed by atoms with Gasteiger partial charge in [0.1, 0.15) is 4.99 Å². The van der Waals surface area contributed by atoms with E-state index >= 15 is 0 Å². The van der Waals surface area contributed by atoms with E-state index in [-0.39, 0.29) is 6.03 Å². The summed E-state index contributed by atoms with van der Waals surface area (Å²) in [5.41, 5.74) is 0.734. The molecular formula is C9H11N3OS. The molecule has 0 aliphatic heterocycles. The average molecular weight is 209 g/mol. The van der Waals surface area contributed by atoms with E-state index in [2.05, 4.69) is 10.3 Å². The van der Waals surface area contributed by atoms with Gasteiger partial charge in [-0.1, -0.05) is 12.2 Å². The van der Waals surface area contributed by atoms with Crippen molar-refractivity contribution in [1.29, 1.82) is 0 Å². The maximum atomic E-state index is 11.2. The minimum absolute atomic E-state index is 0.237. The second-order valence-corrected chi connectivity index (χ2v) is 3.30. The first-order chi connectivity index (χ1) is 6.61. The van der Waals surface area contributed by atoms with Gasteiger partial charge < -0.3 is 4.90 Å². The summed E-state index contributed by atoms with van der Waals surface area (Å²) < 4.78 is 0. The molecule has 2 amide bonds. The van der Waals surface area contributed by atoms with Gasteiger partial charge in [-0.15, -0.1) is 0 Å². The molecular weight excluding hydrogens is 198 g/mol. The first kappa shape index (κ1) is 10.6. The zero-order chi connectivity index (χ0) is 10.6. The fourth-order valence-electron chi connectivity index (χ4n) is 0.778. The molecule has 0 fully saturated rings. The minimum atomic E-state index is -0.237. The topological polar surface area (TPSA) is 45.2 Å². The predicted octanol–water partition coefficient (Wildman–Crippen LogP) is 1.03. The number of nitrogens with zero attached hydrogens (tertiary/aromatic N) is 2. The number of rotatable bonds is 1. The van der Waals surface area contributed by atoms with E-state index in [1.165, 1.54) is 4.90 Å². The van der Waals surface area contributed by atoms with Crippen LogP contribution in [0.15, 0.2) is 24.5 Å². The van der Waals surface area contributed by atoms with Crippen molar-refractivity contribution in [1.82, 2.24) is 15.2 Å². The largest absolute Gasteiger partial charge is 0.331 e. The lowest BCUT2D eigenvalue weighted by molar-refractivity contribution is 0.222. The molecule has 5 heteroatoms. The van der Waals surface area contributed by atoms with Crippen molar-refractivity contribution in [2.75, 3.05) is 14.1 Å². The third kappa shape index (κ3) is 2.77. The third-order valence-corrected chi connectivity index (χ3v) is 1.89. The van der Waals surface area contributed by atoms with E-state index in [4.69, 9.17) is 12.2 Å². The predicted molar refractivity (Wildman–Crippen MR) is 58.2 cm³/mol. The van der Waals surface area contributed by atoms with Crippen LogP contribution >= 0.6 is 12.2 Å². The Morgan fingerprint density at radius 2 is 2.29 bits per heavy atom. The van der Waals surface area contributed by atoms with Crippen LogP contribution < -0.4 is 5.32 Å². The van der Waals surface area contributed by atoms with Crippen LogP contribution in [-0.4, -0.2) is 35.0 Å². The van der Waals surface area contributed by atoms with E-state index in [0.717, 1.165) is 5.56 Å². The molecule has 74 valence electrons. The summed E-state index contributed by atoms with van der Waals surface area (Å²) in [6, 6.07) is 3.33. The molecule has 4 nitrogen and oxygen atoms in total. The van der Waals surface area contributed by atoms with Crippen molar-refractivity contribution in [3.8, 4) is 0 Å². The third-order valence-electron chi connectivity index (χ3n) is 1.55. The van der Waals surface area contributed by atoms with Gasteiger partial charge in [0, 0.05) is 32.1 Å². The van der Waals surface area contributed by atoms with Crippen LogP contribution in [0, 0.1) is 0 Å². The Bertz CT molecular complexity index is 337. The summed E-state index contributed by atoms with van der Waals surface area (Å²) in [5, 5.41) is 2.57. The highest BCUT2D eigenvalue weighted by atomic mass is 32.1. The van der Waals surface area contributed by atoms with E-state index in [0.29, 0.717) is 4.99 Å². The monoisotopic (exact) mass is 209 g/mol. The van der Waals surface area contributed by atoms with Crippen molar-refractivity contribution < 1.29 is 4.79 Å². The highest BCUT2D eigenvalue weighted by Gasteiger charge is 2.07. The van der Waals surface area contributed by atoms with Gasteiger partial charge >= 0.3 is 6.03 Å². The van der Waals surface area contributed by atoms with E-state index < -0.39 is 0 Å². The molecule has 1 aromatic heterocycles. The number of hydrogen-bond acceptors (Lipinski definition) is 3. The van der Waals surface area contributed by atoms with Gasteiger partial charge in [0.25, 0.3) is 0 Å². The van der Waals surface area contributed by atoms with Crippen molar-refractivity contribution >= 4 is 23.2 Å². The number of hydrogen-bond donors (Lipinski definition) is 1. The maximum Gasteiger partial charge on any atom is 0.321 e. The van der Waals surface area contributed by atoms with Crippen molar-refractivity contribution in [3.05, 3.63) is 30.1 Å². The molecule has 1 heterocycles. The number of nitrogens with one attached hydrogen (secondary N) is 1. The number of pyridine rings is 1. The first-order valence-corrected chi connectivity index (χ1v) is 4.44. The lowest BCUT2D eigenvalue weighted by Gasteiger charge is -2.12. The van der Waals surface area contributed by atoms with Crippen molar-refractivity contribution in [3.63, 3.8) is 0 Å². The molecule has 0 radical (unpaired) electrons. The molecule has 0 unspecified atom stereocenters. The smallest absolute Gasteiger partial charge is 0.321 e. The number of amides is 2. The van der Waals surface area contributed by atoms with Crippen LogP contribution in [0.4, 0.5) is 4.79 Å². The first-order valence-electron chi connectivity index (χ1n) is 4.04. The summed E-state index contributed by atoms with van der Waals surface area (Å²) in [5.74, 6) is 0. The van der Waals surface area contributed by atoms with Crippen molar-refractivity contribution in [2.45, 2.75) is 0 Å². The molecule has 0 aromatic carbocycles. The fourth-order valence-corrected chi connectivity index (χ4v) is 0.986. The summed E-state index contributed by atoms with van der Waals surface area (Å²) in [4.78, 5) is 16.9. The summed E-state index contributed by atoms with van der Waals surface area (Å²) in [6.07, 6.45) is 3.26. The average Bonchev–Trinajstić information content (AvgIpc) is 2.19. The summed E-state index contributed by atoms with van der Waals surface area (Å²) in [7, 11) is 3.31. The van der Waals surface area contributed by atoms with Gasteiger partial charge in [-0.2, -0.15) is 0 Å². The Balaban J connectivity index is 2.65. The Morgan fingerprint density at radius 1 is 1.57 bits per heavy atom. The van der Waals surface area contributed by atoms with Crippen LogP contribution in [-0.2, 0) is 0 Å². The second kappa shape index (κ2) is 4.66. The lowest BCUT2D eigenvalue weighted by atomic mass is 10.3. The SMILES string of the molecule is CN(C)C(=O)NC(=S)c1cccnc1. The molecule has 0 bridgehead atoms. The van der Waals surface area contributed by atoms with Crippen LogP contribution in [0.2, 0.25) is 0 Å². The van der Waals surface area contributed by atoms with Crippen LogP contribution in [0.25, 0.3) is 0 Å². The van der Waals surface area contributed by atoms with E-state index in [1.54, 1.807) is 38.6 Å². The van der Waals surface area contributed by atoms with Gasteiger partial charge in [-0.3, -0.25) is 10.3 Å². The van der Waals surface area contributed by atoms with Crippen molar-refractivity contribution in [2.24, 2.45) is 0 Å². The molecule has 1 N–H and O–H groups in total. The molecule has 0 aliphatic carbocycles. The Labute approximate surface area is 87.9 Å². The fraction of sp³-hybridized carbons (Fsp3) is 0.222. The molecule has 14 heavy (non-hydrogen) atoms. The summed E-state index contributed by atoms with van der Waals surface area (Å²) in [6.45, 7) is 0. The number of carbonyl (C=O) groups excluding carboxylic acids is 1. The molecule has 0 saturated heterocycles. The molecule has 0 atom stereocenters. The summed E-state index contributed by atoms with van der Waals surface area (Å²) >= 11 is 5.02. The van der Waals surface area contributed by atoms with Crippen LogP contribution in [0.5, 0.6) is 0 Å². The van der Waals surface area contributed by atoms with Crippen LogP contribution in [0.1, 0.15) is 5.56 Å². The standard InChI is InChI=1S/C9H11N3OS/c1-12(2)9(13)11-8(14)7-4-3-5-10-6-7/h3-6H,1-2H3,(H,11,13,14). The number of aromatic nitrogens is 1. The quantitative estimate of drug-likeness (QED) is 0.703. The van der Waals surface area contributed by atoms with E-state index in [9.17, 15) is 4.79 Å². The minimum Gasteiger partial charge on any atom is -0.331 e. The zero-order valence-corrected chi connectivity index (χ0v) is 8.84. The molecule has 1 rings (SSSR count). The normalized spacial score (nSPS) is 9.29. The van der Waals surface area contributed by atoms with Gasteiger partial charge in [-0.25, -0.2) is 4.79 Å². The number of urea groups is 1. The van der Waals surface area contributed by atoms with Gasteiger partial charge in [0.2, 0.25) is 0 Å². The Kier molecular flexibility index (Phi) is 3.53. The van der Waals surface area contributed by atoms with Gasteiger partial charge in [0.05, 0.1) is 0 Å². The van der Waals surface area contributed by atoms with Gasteiger partial charge in [-0.05, 0) is 12.1 Å². The highest BCUT2D eigenvalue weighted by molar-refractivity contribution is 7.80. The molecule has 0 saturated carbocycles. The molecule has 0 aliphatic rings. The number of thiocarbonyl (C=S) groups is 1. The maximum absolute atomic E-state index is 11.2. The Hall–Kier alpha value is -1.49. The molecule has 0 spiro atoms. The lowest BCUT2D eigenvalue weighted by Crippen LogP contribution is -2.38.